The number of carbonyl (C=O) groups is 1. The highest BCUT2D eigenvalue weighted by molar-refractivity contribution is 5.94. The predicted molar refractivity (Wildman–Crippen MR) is 145 cm³/mol. The highest BCUT2D eigenvalue weighted by Crippen LogP contribution is 2.34. The monoisotopic (exact) mass is 515 g/mol. The van der Waals surface area contributed by atoms with Crippen molar-refractivity contribution in [1.29, 1.82) is 10.5 Å². The van der Waals surface area contributed by atoms with Gasteiger partial charge in [-0.05, 0) is 79.9 Å². The number of rotatable bonds is 5. The van der Waals surface area contributed by atoms with Gasteiger partial charge in [0.05, 0.1) is 34.5 Å². The maximum atomic E-state index is 13.1. The number of pyridine rings is 1. The maximum absolute atomic E-state index is 13.1. The molecule has 3 heterocycles. The van der Waals surface area contributed by atoms with Gasteiger partial charge < -0.3 is 15.0 Å². The molecule has 2 aromatic heterocycles. The fraction of sp³-hybridized carbons (Fsp3) is 0.200. The second-order valence-corrected chi connectivity index (χ2v) is 9.28. The molecule has 0 radical (unpaired) electrons. The van der Waals surface area contributed by atoms with E-state index in [1.54, 1.807) is 65.8 Å². The lowest BCUT2D eigenvalue weighted by Crippen LogP contribution is -2.33. The van der Waals surface area contributed by atoms with E-state index in [-0.39, 0.29) is 5.91 Å². The topological polar surface area (TPSA) is 128 Å². The third-order valence-corrected chi connectivity index (χ3v) is 6.56. The number of aryl methyl sites for hydroxylation is 2. The van der Waals surface area contributed by atoms with Crippen LogP contribution in [-0.4, -0.2) is 38.8 Å². The molecule has 1 N–H and O–H groups in total. The quantitative estimate of drug-likeness (QED) is 0.393. The second-order valence-electron chi connectivity index (χ2n) is 9.28. The van der Waals surface area contributed by atoms with Crippen molar-refractivity contribution in [2.45, 2.75) is 26.7 Å². The Hall–Kier alpha value is -5.28. The third kappa shape index (κ3) is 5.53. The molecule has 2 aromatic carbocycles. The van der Waals surface area contributed by atoms with Crippen molar-refractivity contribution in [2.24, 2.45) is 0 Å². The van der Waals surface area contributed by atoms with Crippen molar-refractivity contribution >= 4 is 17.5 Å². The van der Waals surface area contributed by atoms with Crippen molar-refractivity contribution in [3.63, 3.8) is 0 Å². The van der Waals surface area contributed by atoms with Crippen LogP contribution in [0.25, 0.3) is 0 Å². The van der Waals surface area contributed by atoms with Gasteiger partial charge in [-0.15, -0.1) is 0 Å². The summed E-state index contributed by atoms with van der Waals surface area (Å²) in [6, 6.07) is 18.4. The minimum Gasteiger partial charge on any atom is -0.438 e. The molecular formula is C30H25N7O2. The molecule has 4 aromatic rings. The van der Waals surface area contributed by atoms with Gasteiger partial charge in [0.25, 0.3) is 5.91 Å². The van der Waals surface area contributed by atoms with Gasteiger partial charge in [0.2, 0.25) is 11.8 Å². The van der Waals surface area contributed by atoms with E-state index in [0.717, 1.165) is 28.1 Å². The molecule has 0 saturated carbocycles. The number of fused-ring (bicyclic) bond motifs is 1. The Morgan fingerprint density at radius 3 is 2.36 bits per heavy atom. The van der Waals surface area contributed by atoms with Crippen LogP contribution in [0.3, 0.4) is 0 Å². The van der Waals surface area contributed by atoms with Crippen molar-refractivity contribution in [2.75, 3.05) is 18.4 Å². The predicted octanol–water partition coefficient (Wildman–Crippen LogP) is 5.01. The molecule has 9 nitrogen and oxygen atoms in total. The Morgan fingerprint density at radius 2 is 1.69 bits per heavy atom. The Labute approximate surface area is 226 Å². The SMILES string of the molecule is Cc1cc(C#N)cc(C)c1Oc1nc(Nc2ccc(C#N)cc2)nc2c1CCN(C(=O)c1cccnc1)CC2. The molecule has 39 heavy (non-hydrogen) atoms. The van der Waals surface area contributed by atoms with Crippen molar-refractivity contribution in [1.82, 2.24) is 19.9 Å². The molecule has 1 aliphatic heterocycles. The summed E-state index contributed by atoms with van der Waals surface area (Å²) >= 11 is 0. The third-order valence-electron chi connectivity index (χ3n) is 6.56. The smallest absolute Gasteiger partial charge is 0.255 e. The van der Waals surface area contributed by atoms with E-state index in [1.807, 2.05) is 13.8 Å². The number of nitriles is 2. The first-order valence-corrected chi connectivity index (χ1v) is 12.5. The summed E-state index contributed by atoms with van der Waals surface area (Å²) < 4.78 is 6.43. The van der Waals surface area contributed by atoms with Crippen LogP contribution >= 0.6 is 0 Å². The van der Waals surface area contributed by atoms with Crippen LogP contribution in [0, 0.1) is 36.5 Å². The van der Waals surface area contributed by atoms with Gasteiger partial charge in [0.1, 0.15) is 5.75 Å². The Kier molecular flexibility index (Phi) is 7.15. The zero-order chi connectivity index (χ0) is 27.4. The zero-order valence-corrected chi connectivity index (χ0v) is 21.6. The van der Waals surface area contributed by atoms with Gasteiger partial charge in [0, 0.05) is 43.2 Å². The van der Waals surface area contributed by atoms with Crippen LogP contribution < -0.4 is 10.1 Å². The first kappa shape index (κ1) is 25.4. The average molecular weight is 516 g/mol. The first-order valence-electron chi connectivity index (χ1n) is 12.5. The van der Waals surface area contributed by atoms with Crippen LogP contribution in [0.2, 0.25) is 0 Å². The molecule has 0 unspecified atom stereocenters. The fourth-order valence-corrected chi connectivity index (χ4v) is 4.61. The normalized spacial score (nSPS) is 12.5. The van der Waals surface area contributed by atoms with Crippen molar-refractivity contribution < 1.29 is 9.53 Å². The first-order chi connectivity index (χ1) is 18.9. The highest BCUT2D eigenvalue weighted by Gasteiger charge is 2.25. The van der Waals surface area contributed by atoms with Crippen LogP contribution in [0.1, 0.15) is 43.9 Å². The second kappa shape index (κ2) is 11.0. The standard InChI is InChI=1S/C30H25N7O2/c1-19-14-22(17-32)15-20(2)27(19)39-28-25-9-12-37(29(38)23-4-3-11-33-18-23)13-10-26(25)35-30(36-28)34-24-7-5-21(16-31)6-8-24/h3-8,11,14-15,18H,9-10,12-13H2,1-2H3,(H,34,35,36). The Bertz CT molecular complexity index is 1600. The number of benzene rings is 2. The Balaban J connectivity index is 1.50. The molecule has 192 valence electrons. The summed E-state index contributed by atoms with van der Waals surface area (Å²) in [5.41, 5.74) is 5.66. The van der Waals surface area contributed by atoms with Crippen molar-refractivity contribution in [3.05, 3.63) is 100.0 Å². The molecule has 1 aliphatic rings. The number of ether oxygens (including phenoxy) is 1. The van der Waals surface area contributed by atoms with Gasteiger partial charge in [-0.2, -0.15) is 15.5 Å². The van der Waals surface area contributed by atoms with Gasteiger partial charge in [-0.3, -0.25) is 9.78 Å². The maximum Gasteiger partial charge on any atom is 0.255 e. The molecule has 0 atom stereocenters. The van der Waals surface area contributed by atoms with E-state index in [4.69, 9.17) is 20.0 Å². The Morgan fingerprint density at radius 1 is 0.974 bits per heavy atom. The number of hydrogen-bond donors (Lipinski definition) is 1. The molecule has 0 saturated heterocycles. The lowest BCUT2D eigenvalue weighted by atomic mass is 10.1. The molecule has 1 amide bonds. The molecule has 0 spiro atoms. The number of amides is 1. The van der Waals surface area contributed by atoms with Crippen LogP contribution in [-0.2, 0) is 12.8 Å². The van der Waals surface area contributed by atoms with E-state index in [1.165, 1.54) is 0 Å². The molecule has 0 aliphatic carbocycles. The summed E-state index contributed by atoms with van der Waals surface area (Å²) in [7, 11) is 0. The fourth-order valence-electron chi connectivity index (χ4n) is 4.61. The van der Waals surface area contributed by atoms with Crippen LogP contribution in [0.4, 0.5) is 11.6 Å². The molecule has 9 heteroatoms. The van der Waals surface area contributed by atoms with Crippen molar-refractivity contribution in [3.8, 4) is 23.8 Å². The number of nitrogens with one attached hydrogen (secondary N) is 1. The number of nitrogens with zero attached hydrogens (tertiary/aromatic N) is 6. The summed E-state index contributed by atoms with van der Waals surface area (Å²) in [6.45, 7) is 4.76. The van der Waals surface area contributed by atoms with Gasteiger partial charge in [-0.1, -0.05) is 0 Å². The minimum atomic E-state index is -0.0824. The molecule has 5 rings (SSSR count). The highest BCUT2D eigenvalue weighted by atomic mass is 16.5. The number of hydrogen-bond acceptors (Lipinski definition) is 8. The van der Waals surface area contributed by atoms with E-state index >= 15 is 0 Å². The minimum absolute atomic E-state index is 0.0824. The van der Waals surface area contributed by atoms with Gasteiger partial charge in [0.15, 0.2) is 0 Å². The number of carbonyl (C=O) groups excluding carboxylic acids is 1. The number of aromatic nitrogens is 3. The van der Waals surface area contributed by atoms with E-state index < -0.39 is 0 Å². The summed E-state index contributed by atoms with van der Waals surface area (Å²) in [5.74, 6) is 1.31. The van der Waals surface area contributed by atoms with Gasteiger partial charge >= 0.3 is 0 Å². The largest absolute Gasteiger partial charge is 0.438 e. The van der Waals surface area contributed by atoms with Crippen LogP contribution in [0.15, 0.2) is 60.9 Å². The summed E-state index contributed by atoms with van der Waals surface area (Å²) in [6.07, 6.45) is 4.25. The van der Waals surface area contributed by atoms with E-state index in [9.17, 15) is 10.1 Å². The number of anilines is 2. The lowest BCUT2D eigenvalue weighted by molar-refractivity contribution is 0.0762. The average Bonchev–Trinajstić information content (AvgIpc) is 3.18. The molecule has 0 fully saturated rings. The van der Waals surface area contributed by atoms with Crippen LogP contribution in [0.5, 0.6) is 11.6 Å². The summed E-state index contributed by atoms with van der Waals surface area (Å²) in [4.78, 5) is 28.5. The zero-order valence-electron chi connectivity index (χ0n) is 21.6. The molecular weight excluding hydrogens is 490 g/mol. The molecule has 0 bridgehead atoms. The van der Waals surface area contributed by atoms with Gasteiger partial charge in [-0.25, -0.2) is 4.98 Å². The van der Waals surface area contributed by atoms with E-state index in [0.29, 0.717) is 60.2 Å². The van der Waals surface area contributed by atoms with E-state index in [2.05, 4.69) is 22.4 Å². The lowest BCUT2D eigenvalue weighted by Gasteiger charge is -2.20. The summed E-state index contributed by atoms with van der Waals surface area (Å²) in [5, 5.41) is 21.7.